The monoisotopic (exact) mass is 276 g/mol. The van der Waals surface area contributed by atoms with Crippen LogP contribution in [0.15, 0.2) is 48.7 Å². The van der Waals surface area contributed by atoms with E-state index in [0.29, 0.717) is 23.8 Å². The van der Waals surface area contributed by atoms with Gasteiger partial charge in [-0.25, -0.2) is 4.98 Å². The predicted octanol–water partition coefficient (Wildman–Crippen LogP) is 2.79. The lowest BCUT2D eigenvalue weighted by Crippen LogP contribution is -1.97. The third kappa shape index (κ3) is 2.87. The quantitative estimate of drug-likeness (QED) is 0.792. The smallest absolute Gasteiger partial charge is 0.247 e. The normalized spacial score (nSPS) is 10.8. The minimum absolute atomic E-state index is 0.335. The Hall–Kier alpha value is -3.20. The summed E-state index contributed by atoms with van der Waals surface area (Å²) in [6.45, 7) is 0. The molecule has 6 nitrogen and oxygen atoms in total. The van der Waals surface area contributed by atoms with Gasteiger partial charge >= 0.3 is 0 Å². The molecule has 0 amide bonds. The summed E-state index contributed by atoms with van der Waals surface area (Å²) < 4.78 is 1.64. The van der Waals surface area contributed by atoms with E-state index in [1.54, 1.807) is 28.9 Å². The van der Waals surface area contributed by atoms with Crippen LogP contribution in [0.3, 0.4) is 0 Å². The zero-order valence-corrected chi connectivity index (χ0v) is 11.1. The van der Waals surface area contributed by atoms with Gasteiger partial charge in [-0.1, -0.05) is 24.3 Å². The van der Waals surface area contributed by atoms with Crippen molar-refractivity contribution in [2.45, 2.75) is 6.42 Å². The lowest BCUT2D eigenvalue weighted by molar-refractivity contribution is 0.907. The van der Waals surface area contributed by atoms with Crippen LogP contribution in [0.2, 0.25) is 0 Å². The van der Waals surface area contributed by atoms with Gasteiger partial charge in [0, 0.05) is 18.0 Å². The molecular formula is C15H12N6. The fraction of sp³-hybridized carbons (Fsp3) is 0.0667. The maximum absolute atomic E-state index is 8.56. The van der Waals surface area contributed by atoms with Crippen molar-refractivity contribution in [1.29, 1.82) is 5.26 Å². The van der Waals surface area contributed by atoms with Gasteiger partial charge in [-0.15, -0.1) is 5.10 Å². The van der Waals surface area contributed by atoms with Crippen molar-refractivity contribution in [3.63, 3.8) is 0 Å². The summed E-state index contributed by atoms with van der Waals surface area (Å²) >= 11 is 0. The molecule has 0 saturated carbocycles. The van der Waals surface area contributed by atoms with Crippen molar-refractivity contribution in [3.8, 4) is 6.07 Å². The van der Waals surface area contributed by atoms with Crippen molar-refractivity contribution >= 4 is 23.4 Å². The molecule has 0 fully saturated rings. The van der Waals surface area contributed by atoms with Crippen LogP contribution in [0.4, 0.5) is 11.6 Å². The number of nitriles is 1. The molecule has 102 valence electrons. The van der Waals surface area contributed by atoms with Crippen molar-refractivity contribution in [3.05, 3.63) is 54.5 Å². The average molecular weight is 276 g/mol. The van der Waals surface area contributed by atoms with Gasteiger partial charge in [-0.2, -0.15) is 14.8 Å². The number of fused-ring (bicyclic) bond motifs is 1. The molecule has 0 spiro atoms. The number of allylic oxidation sites excluding steroid dienone is 1. The molecule has 0 aliphatic rings. The summed E-state index contributed by atoms with van der Waals surface area (Å²) in [6, 6.07) is 13.5. The van der Waals surface area contributed by atoms with Gasteiger partial charge in [-0.05, 0) is 18.2 Å². The first-order chi connectivity index (χ1) is 10.4. The van der Waals surface area contributed by atoms with Crippen LogP contribution in [0.1, 0.15) is 12.2 Å². The van der Waals surface area contributed by atoms with E-state index in [1.165, 1.54) is 0 Å². The highest BCUT2D eigenvalue weighted by molar-refractivity contribution is 5.56. The SMILES string of the molecule is N#CC/C=C/c1nccc2nc(Nc3ccccc3)nn12. The topological polar surface area (TPSA) is 78.9 Å². The number of aromatic nitrogens is 4. The Balaban J connectivity index is 1.93. The third-order valence-corrected chi connectivity index (χ3v) is 2.79. The molecule has 0 radical (unpaired) electrons. The molecule has 1 N–H and O–H groups in total. The van der Waals surface area contributed by atoms with E-state index < -0.39 is 0 Å². The number of nitrogens with zero attached hydrogens (tertiary/aromatic N) is 5. The standard InChI is InChI=1S/C15H12N6/c16-10-5-4-8-13-17-11-9-14-19-15(20-21(13)14)18-12-6-2-1-3-7-12/h1-4,6-9,11H,5H2,(H,18,20)/b8-4+. The van der Waals surface area contributed by atoms with Gasteiger partial charge in [0.1, 0.15) is 0 Å². The van der Waals surface area contributed by atoms with Gasteiger partial charge in [0.25, 0.3) is 0 Å². The van der Waals surface area contributed by atoms with Gasteiger partial charge in [0.05, 0.1) is 12.5 Å². The van der Waals surface area contributed by atoms with Crippen LogP contribution >= 0.6 is 0 Å². The Morgan fingerprint density at radius 1 is 1.24 bits per heavy atom. The summed E-state index contributed by atoms with van der Waals surface area (Å²) in [4.78, 5) is 8.63. The summed E-state index contributed by atoms with van der Waals surface area (Å²) in [5.41, 5.74) is 1.61. The maximum atomic E-state index is 8.56. The Labute approximate surface area is 121 Å². The van der Waals surface area contributed by atoms with Gasteiger partial charge < -0.3 is 5.32 Å². The molecule has 0 aliphatic heterocycles. The molecule has 1 aromatic carbocycles. The minimum Gasteiger partial charge on any atom is -0.323 e. The van der Waals surface area contributed by atoms with Crippen molar-refractivity contribution in [2.24, 2.45) is 0 Å². The second kappa shape index (κ2) is 5.84. The number of hydrogen-bond acceptors (Lipinski definition) is 5. The van der Waals surface area contributed by atoms with Gasteiger partial charge in [-0.3, -0.25) is 0 Å². The van der Waals surface area contributed by atoms with E-state index in [2.05, 4.69) is 26.5 Å². The first-order valence-electron chi connectivity index (χ1n) is 6.44. The fourth-order valence-corrected chi connectivity index (χ4v) is 1.87. The van der Waals surface area contributed by atoms with Crippen LogP contribution in [0, 0.1) is 11.3 Å². The average Bonchev–Trinajstić information content (AvgIpc) is 2.92. The second-order valence-corrected chi connectivity index (χ2v) is 4.26. The number of para-hydroxylation sites is 1. The molecule has 0 bridgehead atoms. The molecule has 0 saturated heterocycles. The van der Waals surface area contributed by atoms with E-state index >= 15 is 0 Å². The van der Waals surface area contributed by atoms with E-state index in [0.717, 1.165) is 5.69 Å². The van der Waals surface area contributed by atoms with Crippen LogP contribution < -0.4 is 5.32 Å². The largest absolute Gasteiger partial charge is 0.323 e. The second-order valence-electron chi connectivity index (χ2n) is 4.26. The Morgan fingerprint density at radius 2 is 2.10 bits per heavy atom. The van der Waals surface area contributed by atoms with Crippen LogP contribution in [-0.2, 0) is 0 Å². The molecule has 0 atom stereocenters. The molecule has 2 aromatic heterocycles. The highest BCUT2D eigenvalue weighted by atomic mass is 15.4. The van der Waals surface area contributed by atoms with Gasteiger partial charge in [0.15, 0.2) is 11.5 Å². The third-order valence-electron chi connectivity index (χ3n) is 2.79. The number of nitrogens with one attached hydrogen (secondary N) is 1. The molecule has 21 heavy (non-hydrogen) atoms. The first kappa shape index (κ1) is 12.8. The minimum atomic E-state index is 0.335. The molecule has 2 heterocycles. The molecule has 0 unspecified atom stereocenters. The van der Waals surface area contributed by atoms with E-state index in [9.17, 15) is 0 Å². The Morgan fingerprint density at radius 3 is 2.90 bits per heavy atom. The van der Waals surface area contributed by atoms with Crippen LogP contribution in [0.25, 0.3) is 11.7 Å². The molecule has 3 rings (SSSR count). The number of hydrogen-bond donors (Lipinski definition) is 1. The highest BCUT2D eigenvalue weighted by Crippen LogP contribution is 2.14. The molecule has 3 aromatic rings. The van der Waals surface area contributed by atoms with Crippen LogP contribution in [-0.4, -0.2) is 19.6 Å². The Bertz CT molecular complexity index is 813. The van der Waals surface area contributed by atoms with E-state index in [-0.39, 0.29) is 0 Å². The van der Waals surface area contributed by atoms with Crippen molar-refractivity contribution in [1.82, 2.24) is 19.6 Å². The summed E-state index contributed by atoms with van der Waals surface area (Å²) in [7, 11) is 0. The number of rotatable bonds is 4. The van der Waals surface area contributed by atoms with E-state index in [4.69, 9.17) is 5.26 Å². The van der Waals surface area contributed by atoms with E-state index in [1.807, 2.05) is 30.3 Å². The summed E-state index contributed by atoms with van der Waals surface area (Å²) in [6.07, 6.45) is 5.51. The zero-order valence-electron chi connectivity index (χ0n) is 11.1. The van der Waals surface area contributed by atoms with Gasteiger partial charge in [0.2, 0.25) is 5.95 Å². The number of anilines is 2. The van der Waals surface area contributed by atoms with Crippen molar-refractivity contribution < 1.29 is 0 Å². The van der Waals surface area contributed by atoms with Crippen LogP contribution in [0.5, 0.6) is 0 Å². The predicted molar refractivity (Wildman–Crippen MR) is 79.8 cm³/mol. The Kier molecular flexibility index (Phi) is 3.56. The molecular weight excluding hydrogens is 264 g/mol. The maximum Gasteiger partial charge on any atom is 0.247 e. The molecule has 0 aliphatic carbocycles. The lowest BCUT2D eigenvalue weighted by atomic mass is 10.3. The lowest BCUT2D eigenvalue weighted by Gasteiger charge is -1.99. The summed E-state index contributed by atoms with van der Waals surface area (Å²) in [5, 5.41) is 16.1. The fourth-order valence-electron chi connectivity index (χ4n) is 1.87. The molecule has 6 heteroatoms. The summed E-state index contributed by atoms with van der Waals surface area (Å²) in [5.74, 6) is 1.14. The number of benzene rings is 1. The first-order valence-corrected chi connectivity index (χ1v) is 6.44. The highest BCUT2D eigenvalue weighted by Gasteiger charge is 2.06. The zero-order chi connectivity index (χ0) is 14.5. The van der Waals surface area contributed by atoms with Crippen molar-refractivity contribution in [2.75, 3.05) is 5.32 Å².